The van der Waals surface area contributed by atoms with Gasteiger partial charge in [-0.05, 0) is 24.3 Å². The van der Waals surface area contributed by atoms with Gasteiger partial charge in [-0.25, -0.2) is 9.67 Å². The van der Waals surface area contributed by atoms with Crippen molar-refractivity contribution < 1.29 is 27.4 Å². The SMILES string of the molecule is OC1(c2cn(Cc3coc(-c4ccc(C(F)(F)F)cc4)n3)nn2)COC1. The lowest BCUT2D eigenvalue weighted by atomic mass is 9.99. The van der Waals surface area contributed by atoms with Crippen LogP contribution in [0.15, 0.2) is 41.1 Å². The fraction of sp³-hybridized carbons (Fsp3) is 0.312. The van der Waals surface area contributed by atoms with Gasteiger partial charge in [-0.15, -0.1) is 5.10 Å². The second-order valence-electron chi connectivity index (χ2n) is 6.04. The van der Waals surface area contributed by atoms with E-state index in [4.69, 9.17) is 9.15 Å². The van der Waals surface area contributed by atoms with E-state index >= 15 is 0 Å². The third-order valence-corrected chi connectivity index (χ3v) is 4.03. The van der Waals surface area contributed by atoms with Crippen LogP contribution in [-0.4, -0.2) is 38.3 Å². The maximum Gasteiger partial charge on any atom is 0.416 e. The Morgan fingerprint density at radius 3 is 2.54 bits per heavy atom. The van der Waals surface area contributed by atoms with Crippen LogP contribution in [0.3, 0.4) is 0 Å². The first-order valence-electron chi connectivity index (χ1n) is 7.66. The summed E-state index contributed by atoms with van der Waals surface area (Å²) in [7, 11) is 0. The van der Waals surface area contributed by atoms with Gasteiger partial charge in [-0.1, -0.05) is 5.21 Å². The molecule has 2 aromatic heterocycles. The van der Waals surface area contributed by atoms with Crippen molar-refractivity contribution in [3.8, 4) is 11.5 Å². The largest absolute Gasteiger partial charge is 0.444 e. The molecule has 1 aliphatic rings. The van der Waals surface area contributed by atoms with E-state index in [0.29, 0.717) is 17.0 Å². The topological polar surface area (TPSA) is 86.2 Å². The summed E-state index contributed by atoms with van der Waals surface area (Å²) >= 11 is 0. The summed E-state index contributed by atoms with van der Waals surface area (Å²) in [6, 6.07) is 4.56. The lowest BCUT2D eigenvalue weighted by Gasteiger charge is -2.34. The summed E-state index contributed by atoms with van der Waals surface area (Å²) in [6.45, 7) is 0.593. The van der Waals surface area contributed by atoms with Crippen molar-refractivity contribution in [1.82, 2.24) is 20.0 Å². The molecule has 1 fully saturated rings. The van der Waals surface area contributed by atoms with Crippen LogP contribution in [0.25, 0.3) is 11.5 Å². The van der Waals surface area contributed by atoms with E-state index in [9.17, 15) is 18.3 Å². The molecule has 0 atom stereocenters. The van der Waals surface area contributed by atoms with E-state index in [1.54, 1.807) is 6.20 Å². The highest BCUT2D eigenvalue weighted by atomic mass is 19.4. The van der Waals surface area contributed by atoms with Crippen molar-refractivity contribution >= 4 is 0 Å². The number of ether oxygens (including phenoxy) is 1. The third-order valence-electron chi connectivity index (χ3n) is 4.03. The summed E-state index contributed by atoms with van der Waals surface area (Å²) in [5.41, 5.74) is -0.470. The standard InChI is InChI=1S/C16H13F3N4O3/c17-16(18,19)11-3-1-10(2-4-11)14-20-12(7-26-14)5-23-6-13(21-22-23)15(24)8-25-9-15/h1-4,6-7,24H,5,8-9H2. The molecule has 1 aromatic carbocycles. The predicted octanol–water partition coefficient (Wildman–Crippen LogP) is 2.22. The Balaban J connectivity index is 1.48. The van der Waals surface area contributed by atoms with Gasteiger partial charge < -0.3 is 14.3 Å². The zero-order valence-corrected chi connectivity index (χ0v) is 13.3. The Kier molecular flexibility index (Phi) is 3.81. The normalized spacial score (nSPS) is 16.5. The molecule has 136 valence electrons. The maximum atomic E-state index is 12.6. The molecule has 10 heteroatoms. The minimum absolute atomic E-state index is 0.174. The van der Waals surface area contributed by atoms with Gasteiger partial charge in [-0.2, -0.15) is 13.2 Å². The number of hydrogen-bond acceptors (Lipinski definition) is 6. The number of hydrogen-bond donors (Lipinski definition) is 1. The van der Waals surface area contributed by atoms with Gasteiger partial charge >= 0.3 is 6.18 Å². The lowest BCUT2D eigenvalue weighted by Crippen LogP contribution is -2.46. The highest BCUT2D eigenvalue weighted by Crippen LogP contribution is 2.31. The second kappa shape index (κ2) is 5.92. The van der Waals surface area contributed by atoms with Gasteiger partial charge in [0.05, 0.1) is 31.5 Å². The first-order chi connectivity index (χ1) is 12.3. The highest BCUT2D eigenvalue weighted by Gasteiger charge is 2.40. The maximum absolute atomic E-state index is 12.6. The molecule has 0 spiro atoms. The Hall–Kier alpha value is -2.72. The molecule has 4 rings (SSSR count). The first-order valence-corrected chi connectivity index (χ1v) is 7.66. The molecule has 1 saturated heterocycles. The van der Waals surface area contributed by atoms with Crippen LogP contribution in [0.5, 0.6) is 0 Å². The molecule has 1 N–H and O–H groups in total. The minimum atomic E-state index is -4.39. The summed E-state index contributed by atoms with van der Waals surface area (Å²) in [5, 5.41) is 18.0. The Bertz CT molecular complexity index is 913. The van der Waals surface area contributed by atoms with Crippen LogP contribution in [0, 0.1) is 0 Å². The number of halogens is 3. The molecule has 3 heterocycles. The summed E-state index contributed by atoms with van der Waals surface area (Å²) < 4.78 is 49.6. The number of benzene rings is 1. The van der Waals surface area contributed by atoms with Crippen LogP contribution in [-0.2, 0) is 23.1 Å². The second-order valence-corrected chi connectivity index (χ2v) is 6.04. The van der Waals surface area contributed by atoms with Crippen LogP contribution in [0.1, 0.15) is 17.0 Å². The summed E-state index contributed by atoms with van der Waals surface area (Å²) in [4.78, 5) is 4.25. The molecule has 0 amide bonds. The monoisotopic (exact) mass is 366 g/mol. The average Bonchev–Trinajstić information content (AvgIpc) is 3.22. The molecule has 26 heavy (non-hydrogen) atoms. The van der Waals surface area contributed by atoms with Crippen LogP contribution in [0.2, 0.25) is 0 Å². The van der Waals surface area contributed by atoms with Crippen molar-refractivity contribution in [2.24, 2.45) is 0 Å². The van der Waals surface area contributed by atoms with Crippen molar-refractivity contribution in [1.29, 1.82) is 0 Å². The van der Waals surface area contributed by atoms with Gasteiger partial charge in [0.2, 0.25) is 5.89 Å². The fourth-order valence-corrected chi connectivity index (χ4v) is 2.51. The van der Waals surface area contributed by atoms with Crippen molar-refractivity contribution in [2.75, 3.05) is 13.2 Å². The molecule has 3 aromatic rings. The third kappa shape index (κ3) is 3.08. The fourth-order valence-electron chi connectivity index (χ4n) is 2.51. The predicted molar refractivity (Wildman–Crippen MR) is 80.8 cm³/mol. The molecule has 0 bridgehead atoms. The van der Waals surface area contributed by atoms with E-state index < -0.39 is 17.3 Å². The first kappa shape index (κ1) is 16.7. The Morgan fingerprint density at radius 2 is 1.92 bits per heavy atom. The molecule has 1 aliphatic heterocycles. The molecular formula is C16H13F3N4O3. The van der Waals surface area contributed by atoms with Crippen molar-refractivity contribution in [2.45, 2.75) is 18.3 Å². The number of aliphatic hydroxyl groups is 1. The van der Waals surface area contributed by atoms with Crippen LogP contribution in [0.4, 0.5) is 13.2 Å². The van der Waals surface area contributed by atoms with Gasteiger partial charge in [0.1, 0.15) is 17.7 Å². The highest BCUT2D eigenvalue weighted by molar-refractivity contribution is 5.54. The molecule has 0 saturated carbocycles. The summed E-state index contributed by atoms with van der Waals surface area (Å²) in [5.74, 6) is 0.208. The van der Waals surface area contributed by atoms with Gasteiger partial charge in [0, 0.05) is 5.56 Å². The zero-order chi connectivity index (χ0) is 18.4. The van der Waals surface area contributed by atoms with E-state index in [1.165, 1.54) is 23.1 Å². The zero-order valence-electron chi connectivity index (χ0n) is 13.3. The van der Waals surface area contributed by atoms with Crippen molar-refractivity contribution in [3.63, 3.8) is 0 Å². The number of oxazole rings is 1. The van der Waals surface area contributed by atoms with Gasteiger partial charge in [-0.3, -0.25) is 0 Å². The Labute approximate surface area is 145 Å². The summed E-state index contributed by atoms with van der Waals surface area (Å²) in [6.07, 6.45) is -1.40. The van der Waals surface area contributed by atoms with E-state index in [0.717, 1.165) is 12.1 Å². The van der Waals surface area contributed by atoms with Crippen molar-refractivity contribution in [3.05, 3.63) is 53.7 Å². The Morgan fingerprint density at radius 1 is 1.19 bits per heavy atom. The molecular weight excluding hydrogens is 353 g/mol. The van der Waals surface area contributed by atoms with E-state index in [2.05, 4.69) is 15.3 Å². The van der Waals surface area contributed by atoms with Gasteiger partial charge in [0.15, 0.2) is 5.60 Å². The smallest absolute Gasteiger partial charge is 0.416 e. The molecule has 7 nitrogen and oxygen atoms in total. The number of alkyl halides is 3. The molecule has 0 radical (unpaired) electrons. The average molecular weight is 366 g/mol. The number of aromatic nitrogens is 4. The number of rotatable bonds is 4. The van der Waals surface area contributed by atoms with Crippen LogP contribution < -0.4 is 0 Å². The van der Waals surface area contributed by atoms with Gasteiger partial charge in [0.25, 0.3) is 0 Å². The number of nitrogens with zero attached hydrogens (tertiary/aromatic N) is 4. The molecule has 0 aliphatic carbocycles. The quantitative estimate of drug-likeness (QED) is 0.762. The van der Waals surface area contributed by atoms with E-state index in [-0.39, 0.29) is 25.6 Å². The minimum Gasteiger partial charge on any atom is -0.444 e. The lowest BCUT2D eigenvalue weighted by molar-refractivity contribution is -0.186. The molecule has 0 unspecified atom stereocenters. The van der Waals surface area contributed by atoms with E-state index in [1.807, 2.05) is 0 Å². The van der Waals surface area contributed by atoms with Crippen LogP contribution >= 0.6 is 0 Å².